The Hall–Kier alpha value is -1.29. The molecule has 2 heterocycles. The van der Waals surface area contributed by atoms with Gasteiger partial charge in [0.2, 0.25) is 5.91 Å². The van der Waals surface area contributed by atoms with Gasteiger partial charge in [0, 0.05) is 51.6 Å². The third kappa shape index (κ3) is 5.94. The highest BCUT2D eigenvalue weighted by molar-refractivity contribution is 5.95. The van der Waals surface area contributed by atoms with Crippen molar-refractivity contribution in [1.82, 2.24) is 20.0 Å². The standard InChI is InChI=1S/C22H39FN4O4/c1-4-9-27(21(29)24-8-11-25(2)3)20(28)18-14-17-15-22(30-12-13-31-22)6-5-19(17)26(16-18)10-7-23/h17-19H,4-16H2,1-3H3,(H,24,29)/t17-,18-,19-/m1/s1. The third-order valence-corrected chi connectivity index (χ3v) is 6.78. The van der Waals surface area contributed by atoms with Crippen LogP contribution in [0, 0.1) is 11.8 Å². The van der Waals surface area contributed by atoms with Gasteiger partial charge in [0.1, 0.15) is 6.67 Å². The van der Waals surface area contributed by atoms with Crippen molar-refractivity contribution < 1.29 is 23.5 Å². The zero-order chi connectivity index (χ0) is 22.4. The minimum absolute atomic E-state index is 0.153. The molecule has 0 radical (unpaired) electrons. The van der Waals surface area contributed by atoms with Gasteiger partial charge in [-0.25, -0.2) is 9.18 Å². The van der Waals surface area contributed by atoms with Gasteiger partial charge in [0.25, 0.3) is 0 Å². The number of nitrogens with one attached hydrogen (secondary N) is 1. The monoisotopic (exact) mass is 442 g/mol. The molecule has 0 bridgehead atoms. The molecule has 1 N–H and O–H groups in total. The van der Waals surface area contributed by atoms with Gasteiger partial charge in [-0.2, -0.15) is 0 Å². The van der Waals surface area contributed by atoms with Crippen LogP contribution in [-0.2, 0) is 14.3 Å². The van der Waals surface area contributed by atoms with Gasteiger partial charge in [-0.15, -0.1) is 0 Å². The van der Waals surface area contributed by atoms with Crippen molar-refractivity contribution in [1.29, 1.82) is 0 Å². The Balaban J connectivity index is 1.69. The van der Waals surface area contributed by atoms with Crippen LogP contribution in [0.3, 0.4) is 0 Å². The first-order valence-electron chi connectivity index (χ1n) is 11.7. The summed E-state index contributed by atoms with van der Waals surface area (Å²) in [6.07, 6.45) is 3.81. The number of piperidine rings is 1. The lowest BCUT2D eigenvalue weighted by Gasteiger charge is -2.50. The van der Waals surface area contributed by atoms with E-state index in [4.69, 9.17) is 9.47 Å². The Morgan fingerprint density at radius 1 is 1.23 bits per heavy atom. The van der Waals surface area contributed by atoms with Crippen molar-refractivity contribution in [3.63, 3.8) is 0 Å². The van der Waals surface area contributed by atoms with Crippen LogP contribution in [0.15, 0.2) is 0 Å². The van der Waals surface area contributed by atoms with Gasteiger partial charge in [-0.3, -0.25) is 14.6 Å². The average molecular weight is 443 g/mol. The fourth-order valence-corrected chi connectivity index (χ4v) is 5.36. The number of likely N-dealkylation sites (tertiary alicyclic amines) is 1. The number of imide groups is 1. The summed E-state index contributed by atoms with van der Waals surface area (Å²) in [4.78, 5) is 31.6. The van der Waals surface area contributed by atoms with E-state index in [1.54, 1.807) is 0 Å². The van der Waals surface area contributed by atoms with Crippen LogP contribution in [-0.4, -0.2) is 105 Å². The van der Waals surface area contributed by atoms with Crippen LogP contribution < -0.4 is 5.32 Å². The molecule has 3 aliphatic rings. The van der Waals surface area contributed by atoms with Crippen LogP contribution in [0.25, 0.3) is 0 Å². The molecule has 1 aliphatic carbocycles. The highest BCUT2D eigenvalue weighted by Crippen LogP contribution is 2.45. The number of carbonyl (C=O) groups is 2. The minimum Gasteiger partial charge on any atom is -0.348 e. The summed E-state index contributed by atoms with van der Waals surface area (Å²) in [6, 6.07) is -0.0952. The molecule has 2 saturated heterocycles. The molecule has 31 heavy (non-hydrogen) atoms. The molecule has 3 fully saturated rings. The SMILES string of the molecule is CCCN(C(=O)NCCN(C)C)C(=O)[C@@H]1C[C@@H]2CC3(CC[C@H]2N(CCF)C1)OCCO3. The second-order valence-corrected chi connectivity index (χ2v) is 9.32. The predicted octanol–water partition coefficient (Wildman–Crippen LogP) is 1.70. The minimum atomic E-state index is -0.542. The Morgan fingerprint density at radius 2 is 1.97 bits per heavy atom. The number of urea groups is 1. The predicted molar refractivity (Wildman–Crippen MR) is 115 cm³/mol. The Bertz CT molecular complexity index is 614. The van der Waals surface area contributed by atoms with E-state index in [9.17, 15) is 14.0 Å². The van der Waals surface area contributed by atoms with Crippen LogP contribution in [0.1, 0.15) is 39.0 Å². The van der Waals surface area contributed by atoms with Crippen LogP contribution in [0.2, 0.25) is 0 Å². The number of rotatable bonds is 8. The highest BCUT2D eigenvalue weighted by atomic mass is 19.1. The molecule has 2 aliphatic heterocycles. The smallest absolute Gasteiger partial charge is 0.324 e. The third-order valence-electron chi connectivity index (χ3n) is 6.78. The zero-order valence-electron chi connectivity index (χ0n) is 19.3. The van der Waals surface area contributed by atoms with E-state index in [-0.39, 0.29) is 29.8 Å². The molecule has 1 spiro atoms. The Labute approximate surface area is 185 Å². The summed E-state index contributed by atoms with van der Waals surface area (Å²) in [7, 11) is 3.88. The Kier molecular flexibility index (Phi) is 8.66. The summed E-state index contributed by atoms with van der Waals surface area (Å²) in [6.45, 7) is 5.13. The first-order valence-corrected chi connectivity index (χ1v) is 11.7. The van der Waals surface area contributed by atoms with E-state index in [0.717, 1.165) is 19.3 Å². The molecule has 3 amide bonds. The highest BCUT2D eigenvalue weighted by Gasteiger charge is 2.50. The number of nitrogens with zero attached hydrogens (tertiary/aromatic N) is 3. The first-order chi connectivity index (χ1) is 14.9. The normalized spacial score (nSPS) is 28.0. The van der Waals surface area contributed by atoms with Crippen LogP contribution >= 0.6 is 0 Å². The van der Waals surface area contributed by atoms with E-state index < -0.39 is 12.5 Å². The number of alkyl halides is 1. The van der Waals surface area contributed by atoms with Crippen molar-refractivity contribution >= 4 is 11.9 Å². The summed E-state index contributed by atoms with van der Waals surface area (Å²) < 4.78 is 25.2. The number of amides is 3. The van der Waals surface area contributed by atoms with Crippen LogP contribution in [0.4, 0.5) is 9.18 Å². The van der Waals surface area contributed by atoms with Gasteiger partial charge in [-0.05, 0) is 39.3 Å². The van der Waals surface area contributed by atoms with Crippen molar-refractivity contribution in [2.24, 2.45) is 11.8 Å². The number of hydrogen-bond acceptors (Lipinski definition) is 6. The summed E-state index contributed by atoms with van der Waals surface area (Å²) in [5.41, 5.74) is 0. The molecule has 1 saturated carbocycles. The van der Waals surface area contributed by atoms with Gasteiger partial charge in [-0.1, -0.05) is 6.92 Å². The number of ether oxygens (including phenoxy) is 2. The van der Waals surface area contributed by atoms with Crippen molar-refractivity contribution in [3.05, 3.63) is 0 Å². The molecule has 0 aromatic heterocycles. The number of halogens is 1. The van der Waals surface area contributed by atoms with E-state index in [1.165, 1.54) is 4.90 Å². The zero-order valence-corrected chi connectivity index (χ0v) is 19.3. The van der Waals surface area contributed by atoms with Gasteiger partial charge in [0.05, 0.1) is 19.1 Å². The molecular weight excluding hydrogens is 403 g/mol. The number of hydrogen-bond donors (Lipinski definition) is 1. The van der Waals surface area contributed by atoms with Crippen LogP contribution in [0.5, 0.6) is 0 Å². The van der Waals surface area contributed by atoms with Gasteiger partial charge in [0.15, 0.2) is 5.79 Å². The quantitative estimate of drug-likeness (QED) is 0.617. The lowest BCUT2D eigenvalue weighted by molar-refractivity contribution is -0.204. The van der Waals surface area contributed by atoms with E-state index in [1.807, 2.05) is 25.9 Å². The molecule has 0 aromatic carbocycles. The molecule has 178 valence electrons. The number of carbonyl (C=O) groups excluding carboxylic acids is 2. The van der Waals surface area contributed by atoms with Crippen molar-refractivity contribution in [2.75, 3.05) is 66.7 Å². The fraction of sp³-hybridized carbons (Fsp3) is 0.909. The topological polar surface area (TPSA) is 74.4 Å². The Morgan fingerprint density at radius 3 is 2.61 bits per heavy atom. The second kappa shape index (κ2) is 11.0. The van der Waals surface area contributed by atoms with E-state index in [0.29, 0.717) is 58.8 Å². The summed E-state index contributed by atoms with van der Waals surface area (Å²) in [5.74, 6) is -0.823. The molecule has 3 rings (SSSR count). The second-order valence-electron chi connectivity index (χ2n) is 9.32. The molecule has 3 atom stereocenters. The maximum atomic E-state index is 13.4. The maximum absolute atomic E-state index is 13.4. The van der Waals surface area contributed by atoms with E-state index in [2.05, 4.69) is 10.2 Å². The summed E-state index contributed by atoms with van der Waals surface area (Å²) >= 11 is 0. The van der Waals surface area contributed by atoms with Gasteiger partial charge < -0.3 is 19.7 Å². The van der Waals surface area contributed by atoms with Crippen molar-refractivity contribution in [2.45, 2.75) is 50.9 Å². The molecule has 8 nitrogen and oxygen atoms in total. The molecule has 0 unspecified atom stereocenters. The van der Waals surface area contributed by atoms with Gasteiger partial charge >= 0.3 is 6.03 Å². The largest absolute Gasteiger partial charge is 0.348 e. The average Bonchev–Trinajstić information content (AvgIpc) is 3.18. The molecule has 0 aromatic rings. The summed E-state index contributed by atoms with van der Waals surface area (Å²) in [5, 5.41) is 2.86. The van der Waals surface area contributed by atoms with E-state index >= 15 is 0 Å². The fourth-order valence-electron chi connectivity index (χ4n) is 5.36. The first kappa shape index (κ1) is 24.4. The molecular formula is C22H39FN4O4. The number of fused-ring (bicyclic) bond motifs is 1. The number of likely N-dealkylation sites (N-methyl/N-ethyl adjacent to an activating group) is 1. The van der Waals surface area contributed by atoms with Crippen molar-refractivity contribution in [3.8, 4) is 0 Å². The maximum Gasteiger partial charge on any atom is 0.324 e. The lowest BCUT2D eigenvalue weighted by atomic mass is 9.72. The lowest BCUT2D eigenvalue weighted by Crippen LogP contribution is -2.58. The molecule has 9 heteroatoms.